The van der Waals surface area contributed by atoms with Gasteiger partial charge < -0.3 is 15.3 Å². The molecule has 0 aromatic heterocycles. The maximum atomic E-state index is 9.08. The zero-order valence-electron chi connectivity index (χ0n) is 11.7. The minimum Gasteiger partial charge on any atom is -0.396 e. The van der Waals surface area contributed by atoms with E-state index in [-0.39, 0.29) is 12.0 Å². The van der Waals surface area contributed by atoms with Crippen molar-refractivity contribution in [3.05, 3.63) is 0 Å². The summed E-state index contributed by atoms with van der Waals surface area (Å²) in [6.45, 7) is 12.0. The number of nitrogens with one attached hydrogen (secondary N) is 1. The summed E-state index contributed by atoms with van der Waals surface area (Å²) < 4.78 is 0. The van der Waals surface area contributed by atoms with Gasteiger partial charge in [-0.15, -0.1) is 0 Å². The van der Waals surface area contributed by atoms with E-state index in [1.54, 1.807) is 0 Å². The largest absolute Gasteiger partial charge is 0.396 e. The number of hydrogen-bond acceptors (Lipinski definition) is 3. The maximum absolute atomic E-state index is 9.08. The molecular weight excluding hydrogens is 200 g/mol. The first-order valence-corrected chi connectivity index (χ1v) is 6.41. The summed E-state index contributed by atoms with van der Waals surface area (Å²) in [5.74, 6) is 0. The molecule has 98 valence electrons. The van der Waals surface area contributed by atoms with Crippen molar-refractivity contribution in [2.24, 2.45) is 5.41 Å². The molecule has 0 aliphatic carbocycles. The molecule has 3 heteroatoms. The van der Waals surface area contributed by atoms with Crippen LogP contribution in [0.1, 0.15) is 40.5 Å². The van der Waals surface area contributed by atoms with Crippen LogP contribution in [0, 0.1) is 5.41 Å². The zero-order valence-corrected chi connectivity index (χ0v) is 11.7. The molecule has 0 aliphatic rings. The SMILES string of the molecule is CC(C)N(C)CCCCNCC(C)(C)CO. The Morgan fingerprint density at radius 1 is 1.25 bits per heavy atom. The Morgan fingerprint density at radius 2 is 1.88 bits per heavy atom. The van der Waals surface area contributed by atoms with Crippen LogP contribution in [0.15, 0.2) is 0 Å². The van der Waals surface area contributed by atoms with Gasteiger partial charge in [-0.2, -0.15) is 0 Å². The Balaban J connectivity index is 3.35. The summed E-state index contributed by atoms with van der Waals surface area (Å²) >= 11 is 0. The molecule has 0 saturated heterocycles. The number of rotatable bonds is 9. The minimum absolute atomic E-state index is 0.00866. The van der Waals surface area contributed by atoms with Gasteiger partial charge >= 0.3 is 0 Å². The summed E-state index contributed by atoms with van der Waals surface area (Å²) in [5.41, 5.74) is 0.00866. The number of unbranched alkanes of at least 4 members (excludes halogenated alkanes) is 1. The Kier molecular flexibility index (Phi) is 7.98. The number of hydrogen-bond donors (Lipinski definition) is 2. The van der Waals surface area contributed by atoms with E-state index in [9.17, 15) is 0 Å². The third-order valence-electron chi connectivity index (χ3n) is 3.03. The van der Waals surface area contributed by atoms with Gasteiger partial charge in [0.25, 0.3) is 0 Å². The van der Waals surface area contributed by atoms with E-state index in [1.807, 2.05) is 0 Å². The molecule has 0 spiro atoms. The summed E-state index contributed by atoms with van der Waals surface area (Å²) in [7, 11) is 2.17. The van der Waals surface area contributed by atoms with Gasteiger partial charge in [0.15, 0.2) is 0 Å². The zero-order chi connectivity index (χ0) is 12.6. The normalized spacial score (nSPS) is 12.8. The van der Waals surface area contributed by atoms with E-state index in [0.29, 0.717) is 6.04 Å². The van der Waals surface area contributed by atoms with Crippen LogP contribution in [-0.4, -0.2) is 49.3 Å². The van der Waals surface area contributed by atoms with E-state index in [2.05, 4.69) is 45.0 Å². The van der Waals surface area contributed by atoms with Crippen LogP contribution in [0.25, 0.3) is 0 Å². The first-order valence-electron chi connectivity index (χ1n) is 6.41. The minimum atomic E-state index is 0.00866. The highest BCUT2D eigenvalue weighted by molar-refractivity contribution is 4.69. The molecule has 0 saturated carbocycles. The van der Waals surface area contributed by atoms with Crippen molar-refractivity contribution in [2.45, 2.75) is 46.6 Å². The van der Waals surface area contributed by atoms with Crippen LogP contribution in [0.5, 0.6) is 0 Å². The number of aliphatic hydroxyl groups excluding tert-OH is 1. The lowest BCUT2D eigenvalue weighted by Crippen LogP contribution is -2.33. The first kappa shape index (κ1) is 15.9. The van der Waals surface area contributed by atoms with Gasteiger partial charge in [-0.05, 0) is 46.8 Å². The lowest BCUT2D eigenvalue weighted by Gasteiger charge is -2.23. The van der Waals surface area contributed by atoms with Gasteiger partial charge in [-0.3, -0.25) is 0 Å². The third-order valence-corrected chi connectivity index (χ3v) is 3.03. The van der Waals surface area contributed by atoms with Gasteiger partial charge in [0, 0.05) is 24.6 Å². The molecule has 0 bridgehead atoms. The lowest BCUT2D eigenvalue weighted by molar-refractivity contribution is 0.157. The predicted molar refractivity (Wildman–Crippen MR) is 70.7 cm³/mol. The molecule has 0 aliphatic heterocycles. The van der Waals surface area contributed by atoms with Gasteiger partial charge in [0.05, 0.1) is 0 Å². The Bertz CT molecular complexity index is 169. The second-order valence-electron chi connectivity index (χ2n) is 5.78. The third kappa shape index (κ3) is 8.08. The van der Waals surface area contributed by atoms with Crippen LogP contribution >= 0.6 is 0 Å². The highest BCUT2D eigenvalue weighted by Gasteiger charge is 2.14. The van der Waals surface area contributed by atoms with E-state index >= 15 is 0 Å². The maximum Gasteiger partial charge on any atom is 0.0494 e. The Labute approximate surface area is 101 Å². The molecule has 0 atom stereocenters. The lowest BCUT2D eigenvalue weighted by atomic mass is 9.95. The van der Waals surface area contributed by atoms with Crippen LogP contribution in [0.4, 0.5) is 0 Å². The fraction of sp³-hybridized carbons (Fsp3) is 1.00. The number of nitrogens with zero attached hydrogens (tertiary/aromatic N) is 1. The number of aliphatic hydroxyl groups is 1. The Morgan fingerprint density at radius 3 is 2.38 bits per heavy atom. The van der Waals surface area contributed by atoms with Gasteiger partial charge in [-0.1, -0.05) is 13.8 Å². The van der Waals surface area contributed by atoms with E-state index < -0.39 is 0 Å². The topological polar surface area (TPSA) is 35.5 Å². The fourth-order valence-electron chi connectivity index (χ4n) is 1.35. The molecule has 2 N–H and O–H groups in total. The van der Waals surface area contributed by atoms with Crippen molar-refractivity contribution in [2.75, 3.05) is 33.3 Å². The van der Waals surface area contributed by atoms with Crippen molar-refractivity contribution in [1.82, 2.24) is 10.2 Å². The monoisotopic (exact) mass is 230 g/mol. The smallest absolute Gasteiger partial charge is 0.0494 e. The van der Waals surface area contributed by atoms with Crippen molar-refractivity contribution in [3.63, 3.8) is 0 Å². The standard InChI is InChI=1S/C13H30N2O/c1-12(2)15(5)9-7-6-8-14-10-13(3,4)11-16/h12,14,16H,6-11H2,1-5H3. The average molecular weight is 230 g/mol. The highest BCUT2D eigenvalue weighted by Crippen LogP contribution is 2.10. The van der Waals surface area contributed by atoms with Gasteiger partial charge in [0.2, 0.25) is 0 Å². The molecule has 3 nitrogen and oxygen atoms in total. The van der Waals surface area contributed by atoms with Crippen molar-refractivity contribution < 1.29 is 5.11 Å². The van der Waals surface area contributed by atoms with Crippen molar-refractivity contribution >= 4 is 0 Å². The summed E-state index contributed by atoms with van der Waals surface area (Å²) in [6, 6.07) is 0.640. The van der Waals surface area contributed by atoms with Crippen molar-refractivity contribution in [1.29, 1.82) is 0 Å². The first-order chi connectivity index (χ1) is 7.39. The van der Waals surface area contributed by atoms with Crippen LogP contribution in [-0.2, 0) is 0 Å². The van der Waals surface area contributed by atoms with Crippen LogP contribution in [0.2, 0.25) is 0 Å². The van der Waals surface area contributed by atoms with Crippen molar-refractivity contribution in [3.8, 4) is 0 Å². The summed E-state index contributed by atoms with van der Waals surface area (Å²) in [5, 5.41) is 12.5. The van der Waals surface area contributed by atoms with E-state index in [1.165, 1.54) is 19.4 Å². The molecule has 0 heterocycles. The second kappa shape index (κ2) is 8.04. The van der Waals surface area contributed by atoms with Gasteiger partial charge in [-0.25, -0.2) is 0 Å². The van der Waals surface area contributed by atoms with E-state index in [0.717, 1.165) is 13.1 Å². The molecule has 0 aromatic carbocycles. The van der Waals surface area contributed by atoms with Crippen LogP contribution < -0.4 is 5.32 Å². The molecule has 0 aromatic rings. The molecular formula is C13H30N2O. The quantitative estimate of drug-likeness (QED) is 0.592. The Hall–Kier alpha value is -0.120. The fourth-order valence-corrected chi connectivity index (χ4v) is 1.35. The van der Waals surface area contributed by atoms with Crippen LogP contribution in [0.3, 0.4) is 0 Å². The molecule has 0 unspecified atom stereocenters. The highest BCUT2D eigenvalue weighted by atomic mass is 16.3. The van der Waals surface area contributed by atoms with Gasteiger partial charge in [0.1, 0.15) is 0 Å². The molecule has 0 radical (unpaired) electrons. The molecule has 0 amide bonds. The average Bonchev–Trinajstić information content (AvgIpc) is 2.22. The second-order valence-corrected chi connectivity index (χ2v) is 5.78. The molecule has 16 heavy (non-hydrogen) atoms. The van der Waals surface area contributed by atoms with E-state index in [4.69, 9.17) is 5.11 Å². The predicted octanol–water partition coefficient (Wildman–Crippen LogP) is 1.71. The molecule has 0 rings (SSSR count). The molecule has 0 fully saturated rings. The summed E-state index contributed by atoms with van der Waals surface area (Å²) in [6.07, 6.45) is 2.44. The summed E-state index contributed by atoms with van der Waals surface area (Å²) in [4.78, 5) is 2.37.